The normalized spacial score (nSPS) is 12.1. The number of hydrogen-bond acceptors (Lipinski definition) is 17. The van der Waals surface area contributed by atoms with Gasteiger partial charge in [-0.15, -0.1) is 0 Å². The van der Waals surface area contributed by atoms with Gasteiger partial charge in [0.15, 0.2) is 11.6 Å². The van der Waals surface area contributed by atoms with Crippen LogP contribution in [-0.2, 0) is 54.4 Å². The van der Waals surface area contributed by atoms with Crippen molar-refractivity contribution in [3.63, 3.8) is 0 Å². The number of halogens is 6. The molecule has 0 saturated carbocycles. The molecule has 0 amide bonds. The summed E-state index contributed by atoms with van der Waals surface area (Å²) in [5.41, 5.74) is -0.981. The summed E-state index contributed by atoms with van der Waals surface area (Å²) in [6.07, 6.45) is -8.38. The van der Waals surface area contributed by atoms with E-state index in [1.807, 2.05) is 0 Å². The van der Waals surface area contributed by atoms with E-state index in [4.69, 9.17) is 23.7 Å². The van der Waals surface area contributed by atoms with Crippen molar-refractivity contribution in [1.82, 2.24) is 9.97 Å². The second-order valence-electron chi connectivity index (χ2n) is 18.2. The summed E-state index contributed by atoms with van der Waals surface area (Å²) >= 11 is 0. The molecular formula is C56H52F6N6O16S4. The van der Waals surface area contributed by atoms with Gasteiger partial charge in [0.2, 0.25) is 0 Å². The van der Waals surface area contributed by atoms with E-state index in [2.05, 4.69) is 9.97 Å². The van der Waals surface area contributed by atoms with Crippen molar-refractivity contribution < 1.29 is 98.4 Å². The summed E-state index contributed by atoms with van der Waals surface area (Å²) in [4.78, 5) is 31.1. The van der Waals surface area contributed by atoms with Crippen LogP contribution in [0.5, 0.6) is 23.0 Å². The lowest BCUT2D eigenvalue weighted by Crippen LogP contribution is -2.40. The number of aromatic nitrogens is 2. The average Bonchev–Trinajstić information content (AvgIpc) is 0.814. The van der Waals surface area contributed by atoms with Crippen LogP contribution in [0, 0.1) is 0 Å². The number of aliphatic carboxylic acids is 1. The molecule has 0 bridgehead atoms. The number of methoxy groups -OCH3 is 4. The van der Waals surface area contributed by atoms with Gasteiger partial charge in [-0.3, -0.25) is 18.2 Å². The Morgan fingerprint density at radius 1 is 0.432 bits per heavy atom. The first-order valence-electron chi connectivity index (χ1n) is 25.3. The van der Waals surface area contributed by atoms with Gasteiger partial charge >= 0.3 is 24.3 Å². The van der Waals surface area contributed by atoms with E-state index >= 15 is 0 Å². The molecule has 2 aromatic heterocycles. The summed E-state index contributed by atoms with van der Waals surface area (Å²) in [5, 5.41) is 9.20. The fourth-order valence-corrected chi connectivity index (χ4v) is 14.2. The molecule has 0 atom stereocenters. The van der Waals surface area contributed by atoms with Gasteiger partial charge in [-0.1, -0.05) is 48.5 Å². The maximum Gasteiger partial charge on any atom is 0.407 e. The van der Waals surface area contributed by atoms with Crippen LogP contribution >= 0.6 is 0 Å². The Labute approximate surface area is 500 Å². The van der Waals surface area contributed by atoms with Gasteiger partial charge in [0.25, 0.3) is 40.1 Å². The molecule has 0 aliphatic rings. The number of benzene rings is 6. The first kappa shape index (κ1) is 66.4. The molecule has 1 N–H and O–H groups in total. The molecule has 0 aliphatic carbocycles. The van der Waals surface area contributed by atoms with Crippen molar-refractivity contribution >= 4 is 96.6 Å². The van der Waals surface area contributed by atoms with Gasteiger partial charge in [0.05, 0.1) is 78.4 Å². The quantitative estimate of drug-likeness (QED) is 0.0462. The van der Waals surface area contributed by atoms with Crippen molar-refractivity contribution in [2.75, 3.05) is 78.4 Å². The predicted molar refractivity (Wildman–Crippen MR) is 310 cm³/mol. The minimum atomic E-state index is -4.99. The highest BCUT2D eigenvalue weighted by molar-refractivity contribution is 7.93. The number of nitrogens with zero attached hydrogens (tertiary/aromatic N) is 6. The lowest BCUT2D eigenvalue weighted by molar-refractivity contribution is -0.141. The summed E-state index contributed by atoms with van der Waals surface area (Å²) in [6, 6.07) is 30.8. The van der Waals surface area contributed by atoms with Crippen molar-refractivity contribution in [3.8, 4) is 23.0 Å². The Bertz CT molecular complexity index is 4290. The van der Waals surface area contributed by atoms with Crippen molar-refractivity contribution in [2.45, 2.75) is 38.9 Å². The molecule has 2 heterocycles. The Hall–Kier alpha value is -9.14. The zero-order valence-corrected chi connectivity index (χ0v) is 50.0. The first-order chi connectivity index (χ1) is 41.4. The molecule has 0 unspecified atom stereocenters. The van der Waals surface area contributed by atoms with Crippen molar-refractivity contribution in [1.29, 1.82) is 0 Å². The van der Waals surface area contributed by atoms with E-state index in [0.717, 1.165) is 36.7 Å². The molecule has 0 saturated heterocycles. The Morgan fingerprint density at radius 2 is 0.705 bits per heavy atom. The van der Waals surface area contributed by atoms with Gasteiger partial charge in [-0.2, -0.15) is 26.3 Å². The van der Waals surface area contributed by atoms with Gasteiger partial charge in [0.1, 0.15) is 49.2 Å². The topological polar surface area (TPSA) is 276 Å². The largest absolute Gasteiger partial charge is 0.497 e. The van der Waals surface area contributed by atoms with Crippen LogP contribution < -0.4 is 36.2 Å². The fourth-order valence-electron chi connectivity index (χ4n) is 8.54. The number of sulfonamides is 4. The summed E-state index contributed by atoms with van der Waals surface area (Å²) in [6.45, 7) is -4.31. The highest BCUT2D eigenvalue weighted by atomic mass is 32.2. The molecule has 32 heteroatoms. The summed E-state index contributed by atoms with van der Waals surface area (Å²) in [5.74, 6) is -2.00. The lowest BCUT2D eigenvalue weighted by atomic mass is 10.1. The van der Waals surface area contributed by atoms with Crippen LogP contribution in [0.25, 0.3) is 21.5 Å². The van der Waals surface area contributed by atoms with Crippen LogP contribution in [0.15, 0.2) is 178 Å². The van der Waals surface area contributed by atoms with Gasteiger partial charge in [-0.25, -0.2) is 52.2 Å². The number of alkyl halides is 6. The van der Waals surface area contributed by atoms with E-state index in [9.17, 15) is 74.7 Å². The standard InChI is InChI=1S/C29H28F3N3O8S2.C27H24F3N3O8S2/c1-4-43-27(36)18-34(44(37,38)22-13-9-20(41-2)10-14-22)28-25-8-6-5-7-24(25)26(17-33-28)35(19-29(30,31)32)45(39,40)23-15-11-21(42-3)12-16-23;1-40-18-7-11-20(12-8-18)42(36,37)32(16-25(34)35)26-23-6-4-3-5-22(23)24(15-31-26)33(17-27(28,29)30)43(38,39)21-13-9-19(41-2)10-14-21/h5-17H,4,18-19H2,1-3H3;3-15H,16-17H2,1-2H3,(H,34,35). The second-order valence-corrected chi connectivity index (χ2v) is 25.7. The number of rotatable bonds is 23. The number of ether oxygens (including phenoxy) is 5. The monoisotopic (exact) mass is 1310 g/mol. The van der Waals surface area contributed by atoms with Crippen LogP contribution in [0.3, 0.4) is 0 Å². The molecule has 0 radical (unpaired) electrons. The van der Waals surface area contributed by atoms with E-state index < -0.39 is 118 Å². The number of esters is 1. The number of pyridine rings is 2. The number of carboxylic acids is 1. The van der Waals surface area contributed by atoms with E-state index in [1.54, 1.807) is 0 Å². The lowest BCUT2D eigenvalue weighted by Gasteiger charge is -2.28. The van der Waals surface area contributed by atoms with E-state index in [-0.39, 0.29) is 63.9 Å². The van der Waals surface area contributed by atoms with Crippen LogP contribution in [0.4, 0.5) is 49.4 Å². The highest BCUT2D eigenvalue weighted by Crippen LogP contribution is 2.41. The Balaban J connectivity index is 0.000000251. The molecule has 0 aliphatic heterocycles. The second kappa shape index (κ2) is 26.9. The highest BCUT2D eigenvalue weighted by Gasteiger charge is 2.41. The summed E-state index contributed by atoms with van der Waals surface area (Å²) < 4.78 is 219. The van der Waals surface area contributed by atoms with Crippen LogP contribution in [0.1, 0.15) is 6.92 Å². The third-order valence-electron chi connectivity index (χ3n) is 12.6. The zero-order chi connectivity index (χ0) is 64.6. The van der Waals surface area contributed by atoms with E-state index in [1.165, 1.54) is 157 Å². The first-order valence-corrected chi connectivity index (χ1v) is 31.1. The number of fused-ring (bicyclic) bond motifs is 2. The molecule has 0 spiro atoms. The molecule has 8 aromatic rings. The molecular weight excluding hydrogens is 1250 g/mol. The molecule has 6 aromatic carbocycles. The number of carboxylic acid groups (broad SMARTS) is 1. The maximum atomic E-state index is 13.9. The Morgan fingerprint density at radius 3 is 0.966 bits per heavy atom. The third kappa shape index (κ3) is 15.0. The number of anilines is 4. The Kier molecular flexibility index (Phi) is 20.3. The third-order valence-corrected chi connectivity index (χ3v) is 19.7. The zero-order valence-electron chi connectivity index (χ0n) is 46.7. The van der Waals surface area contributed by atoms with Crippen molar-refractivity contribution in [2.24, 2.45) is 0 Å². The summed E-state index contributed by atoms with van der Waals surface area (Å²) in [7, 11) is -13.4. The predicted octanol–water partition coefficient (Wildman–Crippen LogP) is 9.06. The maximum absolute atomic E-state index is 13.9. The van der Waals surface area contributed by atoms with E-state index in [0.29, 0.717) is 20.1 Å². The molecule has 22 nitrogen and oxygen atoms in total. The minimum Gasteiger partial charge on any atom is -0.497 e. The van der Waals surface area contributed by atoms with Gasteiger partial charge in [0, 0.05) is 21.5 Å². The van der Waals surface area contributed by atoms with Crippen LogP contribution in [0.2, 0.25) is 0 Å². The van der Waals surface area contributed by atoms with Gasteiger partial charge < -0.3 is 28.8 Å². The molecule has 88 heavy (non-hydrogen) atoms. The number of carbonyl (C=O) groups excluding carboxylic acids is 1. The number of carbonyl (C=O) groups is 2. The molecule has 8 rings (SSSR count). The fraction of sp³-hybridized carbons (Fsp3) is 0.214. The van der Waals surface area contributed by atoms with Crippen molar-refractivity contribution in [3.05, 3.63) is 158 Å². The van der Waals surface area contributed by atoms with Crippen LogP contribution in [-0.4, -0.2) is 134 Å². The molecule has 468 valence electrons. The number of hydrogen-bond donors (Lipinski definition) is 1. The minimum absolute atomic E-state index is 0.0477. The van der Waals surface area contributed by atoms with Gasteiger partial charge in [-0.05, 0) is 104 Å². The SMILES string of the molecule is CCOC(=O)CN(c1ncc(N(CC(F)(F)F)S(=O)(=O)c2ccc(OC)cc2)c2ccccc12)S(=O)(=O)c1ccc(OC)cc1.COc1ccc(S(=O)(=O)N(CC(F)(F)F)c2cnc(N(CC(=O)O)S(=O)(=O)c3ccc(OC)cc3)c3ccccc23)cc1. The smallest absolute Gasteiger partial charge is 0.407 e. The molecule has 0 fully saturated rings. The average molecular weight is 1310 g/mol.